The molecule has 0 amide bonds. The molecular weight excluding hydrogens is 192 g/mol. The summed E-state index contributed by atoms with van der Waals surface area (Å²) in [6.07, 6.45) is 3.19. The molecule has 0 bridgehead atoms. The Hall–Kier alpha value is -1.65. The second kappa shape index (κ2) is 4.25. The average Bonchev–Trinajstić information content (AvgIpc) is 2.29. The van der Waals surface area contributed by atoms with Crippen LogP contribution < -0.4 is 4.90 Å². The molecule has 1 aliphatic heterocycles. The van der Waals surface area contributed by atoms with Gasteiger partial charge in [-0.3, -0.25) is 0 Å². The van der Waals surface area contributed by atoms with Crippen molar-refractivity contribution in [2.24, 2.45) is 5.16 Å². The van der Waals surface area contributed by atoms with E-state index in [4.69, 9.17) is 5.21 Å². The smallest absolute Gasteiger partial charge is 0.132 e. The van der Waals surface area contributed by atoms with Gasteiger partial charge in [0.05, 0.1) is 5.71 Å². The largest absolute Gasteiger partial charge is 0.411 e. The van der Waals surface area contributed by atoms with Crippen LogP contribution in [-0.4, -0.2) is 34.0 Å². The molecule has 0 aromatic carbocycles. The number of rotatable bonds is 1. The molecule has 15 heavy (non-hydrogen) atoms. The van der Waals surface area contributed by atoms with Crippen molar-refractivity contribution in [1.29, 1.82) is 0 Å². The predicted molar refractivity (Wildman–Crippen MR) is 57.4 cm³/mol. The first-order chi connectivity index (χ1) is 7.29. The van der Waals surface area contributed by atoms with Crippen LogP contribution in [0.2, 0.25) is 0 Å². The van der Waals surface area contributed by atoms with Crippen molar-refractivity contribution in [2.75, 3.05) is 18.0 Å². The third-order valence-electron chi connectivity index (χ3n) is 2.60. The molecule has 2 rings (SSSR count). The third-order valence-corrected chi connectivity index (χ3v) is 2.60. The second-order valence-corrected chi connectivity index (χ2v) is 3.67. The summed E-state index contributed by atoms with van der Waals surface area (Å²) in [4.78, 5) is 10.5. The first-order valence-electron chi connectivity index (χ1n) is 5.03. The zero-order valence-electron chi connectivity index (χ0n) is 8.72. The Morgan fingerprint density at radius 1 is 1.33 bits per heavy atom. The number of piperidine rings is 1. The minimum atomic E-state index is 0.805. The normalized spacial score (nSPS) is 16.6. The molecule has 0 unspecified atom stereocenters. The van der Waals surface area contributed by atoms with Crippen LogP contribution in [0, 0.1) is 6.92 Å². The van der Waals surface area contributed by atoms with Gasteiger partial charge in [-0.25, -0.2) is 9.97 Å². The van der Waals surface area contributed by atoms with Gasteiger partial charge in [-0.1, -0.05) is 5.16 Å². The zero-order chi connectivity index (χ0) is 10.7. The summed E-state index contributed by atoms with van der Waals surface area (Å²) >= 11 is 0. The fourth-order valence-electron chi connectivity index (χ4n) is 1.71. The van der Waals surface area contributed by atoms with E-state index in [2.05, 4.69) is 20.0 Å². The van der Waals surface area contributed by atoms with Crippen LogP contribution in [0.4, 0.5) is 5.82 Å². The minimum Gasteiger partial charge on any atom is -0.411 e. The highest BCUT2D eigenvalue weighted by Gasteiger charge is 2.16. The lowest BCUT2D eigenvalue weighted by Crippen LogP contribution is -2.34. The zero-order valence-corrected chi connectivity index (χ0v) is 8.72. The van der Waals surface area contributed by atoms with Crippen LogP contribution in [0.3, 0.4) is 0 Å². The number of hydrogen-bond donors (Lipinski definition) is 1. The maximum Gasteiger partial charge on any atom is 0.132 e. The van der Waals surface area contributed by atoms with E-state index in [1.165, 1.54) is 0 Å². The van der Waals surface area contributed by atoms with Gasteiger partial charge in [0.15, 0.2) is 0 Å². The Morgan fingerprint density at radius 2 is 2.07 bits per heavy atom. The molecule has 1 saturated heterocycles. The van der Waals surface area contributed by atoms with E-state index in [1.54, 1.807) is 6.33 Å². The molecule has 0 spiro atoms. The number of hydrogen-bond acceptors (Lipinski definition) is 5. The Balaban J connectivity index is 2.07. The monoisotopic (exact) mass is 206 g/mol. The Morgan fingerprint density at radius 3 is 2.67 bits per heavy atom. The summed E-state index contributed by atoms with van der Waals surface area (Å²) in [7, 11) is 0. The highest BCUT2D eigenvalue weighted by molar-refractivity contribution is 5.85. The highest BCUT2D eigenvalue weighted by atomic mass is 16.4. The molecule has 1 aromatic rings. The minimum absolute atomic E-state index is 0.805. The fourth-order valence-corrected chi connectivity index (χ4v) is 1.71. The number of anilines is 1. The Kier molecular flexibility index (Phi) is 2.80. The number of oxime groups is 1. The molecule has 5 nitrogen and oxygen atoms in total. The molecule has 0 atom stereocenters. The van der Waals surface area contributed by atoms with Gasteiger partial charge in [0.25, 0.3) is 0 Å². The third kappa shape index (κ3) is 2.23. The van der Waals surface area contributed by atoms with E-state index in [9.17, 15) is 0 Å². The first-order valence-corrected chi connectivity index (χ1v) is 5.03. The molecule has 80 valence electrons. The maximum absolute atomic E-state index is 8.64. The summed E-state index contributed by atoms with van der Waals surface area (Å²) < 4.78 is 0. The van der Waals surface area contributed by atoms with E-state index >= 15 is 0 Å². The molecular formula is C10H14N4O. The average molecular weight is 206 g/mol. The number of aromatic nitrogens is 2. The highest BCUT2D eigenvalue weighted by Crippen LogP contribution is 2.16. The van der Waals surface area contributed by atoms with Crippen LogP contribution in [0.15, 0.2) is 17.5 Å². The van der Waals surface area contributed by atoms with Gasteiger partial charge < -0.3 is 10.1 Å². The van der Waals surface area contributed by atoms with Crippen molar-refractivity contribution in [3.05, 3.63) is 18.1 Å². The first kappa shape index (κ1) is 9.89. The summed E-state index contributed by atoms with van der Waals surface area (Å²) in [6, 6.07) is 1.97. The summed E-state index contributed by atoms with van der Waals surface area (Å²) in [5, 5.41) is 11.9. The molecule has 1 fully saturated rings. The van der Waals surface area contributed by atoms with Crippen molar-refractivity contribution < 1.29 is 5.21 Å². The quantitative estimate of drug-likeness (QED) is 0.554. The molecule has 1 aliphatic rings. The topological polar surface area (TPSA) is 61.6 Å². The lowest BCUT2D eigenvalue weighted by atomic mass is 10.1. The summed E-state index contributed by atoms with van der Waals surface area (Å²) in [5.74, 6) is 0.958. The van der Waals surface area contributed by atoms with E-state index in [1.807, 2.05) is 13.0 Å². The molecule has 2 heterocycles. The molecule has 0 saturated carbocycles. The van der Waals surface area contributed by atoms with Crippen molar-refractivity contribution in [2.45, 2.75) is 19.8 Å². The van der Waals surface area contributed by atoms with E-state index in [0.29, 0.717) is 0 Å². The second-order valence-electron chi connectivity index (χ2n) is 3.67. The van der Waals surface area contributed by atoms with Crippen LogP contribution in [-0.2, 0) is 0 Å². The molecule has 0 aliphatic carbocycles. The van der Waals surface area contributed by atoms with Gasteiger partial charge >= 0.3 is 0 Å². The molecule has 1 N–H and O–H groups in total. The fraction of sp³-hybridized carbons (Fsp3) is 0.500. The van der Waals surface area contributed by atoms with Gasteiger partial charge in [0.1, 0.15) is 12.1 Å². The molecule has 5 heteroatoms. The van der Waals surface area contributed by atoms with Crippen molar-refractivity contribution in [3.63, 3.8) is 0 Å². The van der Waals surface area contributed by atoms with Gasteiger partial charge in [0, 0.05) is 37.7 Å². The maximum atomic E-state index is 8.64. The van der Waals surface area contributed by atoms with Crippen LogP contribution in [0.25, 0.3) is 0 Å². The Labute approximate surface area is 88.5 Å². The van der Waals surface area contributed by atoms with Gasteiger partial charge in [-0.2, -0.15) is 0 Å². The van der Waals surface area contributed by atoms with Gasteiger partial charge in [-0.05, 0) is 6.92 Å². The van der Waals surface area contributed by atoms with E-state index in [0.717, 1.165) is 43.2 Å². The standard InChI is InChI=1S/C10H14N4O/c1-8-6-10(12-7-11-8)14-4-2-9(13-15)3-5-14/h6-7,15H,2-5H2,1H3. The van der Waals surface area contributed by atoms with Crippen LogP contribution in [0.5, 0.6) is 0 Å². The van der Waals surface area contributed by atoms with Gasteiger partial charge in [0.2, 0.25) is 0 Å². The van der Waals surface area contributed by atoms with Crippen LogP contribution >= 0.6 is 0 Å². The lowest BCUT2D eigenvalue weighted by Gasteiger charge is -2.28. The molecule has 0 radical (unpaired) electrons. The lowest BCUT2D eigenvalue weighted by molar-refractivity contribution is 0.315. The Bertz CT molecular complexity index is 367. The van der Waals surface area contributed by atoms with Crippen molar-refractivity contribution >= 4 is 11.5 Å². The summed E-state index contributed by atoms with van der Waals surface area (Å²) in [5.41, 5.74) is 1.85. The molecule has 1 aromatic heterocycles. The van der Waals surface area contributed by atoms with Crippen molar-refractivity contribution in [1.82, 2.24) is 9.97 Å². The summed E-state index contributed by atoms with van der Waals surface area (Å²) in [6.45, 7) is 3.67. The van der Waals surface area contributed by atoms with E-state index in [-0.39, 0.29) is 0 Å². The van der Waals surface area contributed by atoms with Gasteiger partial charge in [-0.15, -0.1) is 0 Å². The SMILES string of the molecule is Cc1cc(N2CCC(=NO)CC2)ncn1. The number of nitrogens with zero attached hydrogens (tertiary/aromatic N) is 4. The predicted octanol–water partition coefficient (Wildman–Crippen LogP) is 1.22. The van der Waals surface area contributed by atoms with Crippen LogP contribution in [0.1, 0.15) is 18.5 Å². The number of aryl methyl sites for hydroxylation is 1. The van der Waals surface area contributed by atoms with E-state index < -0.39 is 0 Å². The van der Waals surface area contributed by atoms with Crippen molar-refractivity contribution in [3.8, 4) is 0 Å².